The molecule has 15 heteroatoms. The number of benzene rings is 2. The number of aromatic nitrogens is 3. The smallest absolute Gasteiger partial charge is 0.412 e. The highest BCUT2D eigenvalue weighted by molar-refractivity contribution is 7.23. The maximum atomic E-state index is 16.2. The fourth-order valence-corrected chi connectivity index (χ4v) is 6.89. The highest BCUT2D eigenvalue weighted by Crippen LogP contribution is 2.50. The van der Waals surface area contributed by atoms with Crippen LogP contribution < -0.4 is 10.1 Å². The van der Waals surface area contributed by atoms with Crippen LogP contribution in [0.25, 0.3) is 32.6 Å². The summed E-state index contributed by atoms with van der Waals surface area (Å²) in [6.07, 6.45) is -1.35. The third kappa shape index (κ3) is 5.58. The SMILES string of the molecule is CC(C)(C)OC(=O)Nc1sc2c(F)ccc(-c3c(F)cc4c(c3Cl)OCC3CN(C(=O)OC(C)(C)C)Cc5nnc-4n53)c2c1C#N. The Bertz CT molecular complexity index is 1970. The van der Waals surface area contributed by atoms with Gasteiger partial charge in [-0.1, -0.05) is 17.7 Å². The topological polar surface area (TPSA) is 132 Å². The van der Waals surface area contributed by atoms with Crippen molar-refractivity contribution in [2.75, 3.05) is 18.5 Å². The molecule has 0 radical (unpaired) electrons. The number of carbonyl (C=O) groups is 2. The maximum Gasteiger partial charge on any atom is 0.412 e. The number of nitrogens with one attached hydrogen (secondary N) is 1. The second-order valence-electron chi connectivity index (χ2n) is 12.9. The Morgan fingerprint density at radius 3 is 2.50 bits per heavy atom. The molecule has 2 aromatic heterocycles. The quantitative estimate of drug-likeness (QED) is 0.230. The Labute approximate surface area is 271 Å². The van der Waals surface area contributed by atoms with Crippen LogP contribution in [0.15, 0.2) is 18.2 Å². The highest BCUT2D eigenvalue weighted by Gasteiger charge is 2.38. The largest absolute Gasteiger partial charge is 0.489 e. The van der Waals surface area contributed by atoms with Crippen LogP contribution in [-0.2, 0) is 16.0 Å². The molecule has 0 bridgehead atoms. The molecule has 11 nitrogen and oxygen atoms in total. The van der Waals surface area contributed by atoms with Crippen molar-refractivity contribution in [2.24, 2.45) is 0 Å². The van der Waals surface area contributed by atoms with Gasteiger partial charge in [0.2, 0.25) is 0 Å². The van der Waals surface area contributed by atoms with Gasteiger partial charge < -0.3 is 18.8 Å². The van der Waals surface area contributed by atoms with E-state index >= 15 is 8.78 Å². The first kappa shape index (κ1) is 31.5. The predicted octanol–water partition coefficient (Wildman–Crippen LogP) is 7.66. The number of nitriles is 1. The van der Waals surface area contributed by atoms with Crippen molar-refractivity contribution in [3.63, 3.8) is 0 Å². The molecule has 0 fully saturated rings. The number of anilines is 1. The zero-order valence-electron chi connectivity index (χ0n) is 25.8. The third-order valence-corrected chi connectivity index (χ3v) is 8.64. The lowest BCUT2D eigenvalue weighted by Gasteiger charge is -2.34. The molecular formula is C31H29ClF2N6O5S. The van der Waals surface area contributed by atoms with Crippen molar-refractivity contribution in [3.8, 4) is 34.3 Å². The number of thiophene rings is 1. The lowest BCUT2D eigenvalue weighted by Crippen LogP contribution is -2.44. The van der Waals surface area contributed by atoms with E-state index in [1.807, 2.05) is 6.07 Å². The summed E-state index contributed by atoms with van der Waals surface area (Å²) in [6.45, 7) is 10.8. The molecule has 2 amide bonds. The van der Waals surface area contributed by atoms with Crippen LogP contribution in [0.4, 0.5) is 23.4 Å². The van der Waals surface area contributed by atoms with Gasteiger partial charge in [0.05, 0.1) is 33.4 Å². The number of amides is 2. The van der Waals surface area contributed by atoms with E-state index in [0.29, 0.717) is 11.6 Å². The molecule has 1 N–H and O–H groups in total. The van der Waals surface area contributed by atoms with Gasteiger partial charge in [0.25, 0.3) is 0 Å². The molecule has 0 saturated heterocycles. The molecule has 2 aliphatic rings. The molecule has 4 aromatic rings. The minimum atomic E-state index is -0.833. The number of ether oxygens (including phenoxy) is 3. The summed E-state index contributed by atoms with van der Waals surface area (Å²) < 4.78 is 50.2. The van der Waals surface area contributed by atoms with E-state index in [2.05, 4.69) is 15.5 Å². The number of carbonyl (C=O) groups excluding carboxylic acids is 2. The first-order chi connectivity index (χ1) is 21.6. The zero-order valence-corrected chi connectivity index (χ0v) is 27.3. The summed E-state index contributed by atoms with van der Waals surface area (Å²) in [4.78, 5) is 26.9. The van der Waals surface area contributed by atoms with E-state index in [0.717, 1.165) is 17.4 Å². The Morgan fingerprint density at radius 2 is 1.83 bits per heavy atom. The molecule has 6 rings (SSSR count). The molecular weight excluding hydrogens is 642 g/mol. The van der Waals surface area contributed by atoms with Crippen LogP contribution in [0.3, 0.4) is 0 Å². The maximum absolute atomic E-state index is 16.2. The minimum absolute atomic E-state index is 0.0176. The standard InChI is InChI=1S/C31H29ClF2N6O5S/c1-30(2,3)44-28(41)36-27-17(10-35)21-15(7-8-18(33)25(21)46-27)22-19(34)9-16-24(23(22)32)43-13-14-11-39(29(42)45-31(4,5)6)12-20-37-38-26(16)40(14)20/h7-9,14H,11-13H2,1-6H3,(H,36,41). The Balaban J connectivity index is 1.43. The van der Waals surface area contributed by atoms with Crippen LogP contribution in [0.2, 0.25) is 5.02 Å². The van der Waals surface area contributed by atoms with Crippen molar-refractivity contribution in [2.45, 2.75) is 65.3 Å². The molecule has 1 atom stereocenters. The van der Waals surface area contributed by atoms with E-state index < -0.39 is 41.1 Å². The fraction of sp³-hybridized carbons (Fsp3) is 0.387. The Hall–Kier alpha value is -4.48. The highest BCUT2D eigenvalue weighted by atomic mass is 35.5. The number of hydrogen-bond donors (Lipinski definition) is 1. The third-order valence-electron chi connectivity index (χ3n) is 7.17. The molecule has 4 heterocycles. The summed E-state index contributed by atoms with van der Waals surface area (Å²) in [6, 6.07) is 5.26. The van der Waals surface area contributed by atoms with Gasteiger partial charge in [-0.2, -0.15) is 5.26 Å². The van der Waals surface area contributed by atoms with Crippen molar-refractivity contribution in [1.82, 2.24) is 19.7 Å². The lowest BCUT2D eigenvalue weighted by atomic mass is 9.96. The van der Waals surface area contributed by atoms with Gasteiger partial charge in [0.15, 0.2) is 11.6 Å². The van der Waals surface area contributed by atoms with Crippen LogP contribution in [0.1, 0.15) is 59.0 Å². The predicted molar refractivity (Wildman–Crippen MR) is 167 cm³/mol. The van der Waals surface area contributed by atoms with Crippen molar-refractivity contribution >= 4 is 50.2 Å². The fourth-order valence-electron chi connectivity index (χ4n) is 5.47. The monoisotopic (exact) mass is 670 g/mol. The van der Waals surface area contributed by atoms with Crippen LogP contribution in [0.5, 0.6) is 5.75 Å². The summed E-state index contributed by atoms with van der Waals surface area (Å²) in [5.74, 6) is -0.554. The number of halogens is 3. The van der Waals surface area contributed by atoms with Crippen molar-refractivity contribution in [3.05, 3.63) is 46.2 Å². The van der Waals surface area contributed by atoms with Crippen molar-refractivity contribution < 1.29 is 32.6 Å². The molecule has 46 heavy (non-hydrogen) atoms. The van der Waals surface area contributed by atoms with Gasteiger partial charge in [-0.15, -0.1) is 21.5 Å². The number of nitrogens with zero attached hydrogens (tertiary/aromatic N) is 5. The van der Waals surface area contributed by atoms with Crippen molar-refractivity contribution in [1.29, 1.82) is 5.26 Å². The summed E-state index contributed by atoms with van der Waals surface area (Å²) >= 11 is 7.72. The normalized spacial score (nSPS) is 15.7. The van der Waals surface area contributed by atoms with E-state index in [-0.39, 0.29) is 67.8 Å². The molecule has 2 aromatic carbocycles. The number of rotatable bonds is 2. The Morgan fingerprint density at radius 1 is 1.11 bits per heavy atom. The van der Waals surface area contributed by atoms with E-state index in [1.54, 1.807) is 46.1 Å². The number of hydrogen-bond acceptors (Lipinski definition) is 9. The average Bonchev–Trinajstić information content (AvgIpc) is 3.48. The second kappa shape index (κ2) is 11.1. The molecule has 0 aliphatic carbocycles. The molecule has 1 unspecified atom stereocenters. The lowest BCUT2D eigenvalue weighted by molar-refractivity contribution is 0.0144. The van der Waals surface area contributed by atoms with Gasteiger partial charge in [-0.3, -0.25) is 10.2 Å². The minimum Gasteiger partial charge on any atom is -0.489 e. The van der Waals surface area contributed by atoms with Gasteiger partial charge in [-0.25, -0.2) is 18.4 Å². The van der Waals surface area contributed by atoms with E-state index in [1.165, 1.54) is 17.0 Å². The van der Waals surface area contributed by atoms with Gasteiger partial charge in [0.1, 0.15) is 46.3 Å². The summed E-state index contributed by atoms with van der Waals surface area (Å²) in [5.41, 5.74) is -1.35. The van der Waals surface area contributed by atoms with Crippen LogP contribution in [0, 0.1) is 23.0 Å². The van der Waals surface area contributed by atoms with Gasteiger partial charge in [0, 0.05) is 17.5 Å². The molecule has 0 spiro atoms. The second-order valence-corrected chi connectivity index (χ2v) is 14.3. The van der Waals surface area contributed by atoms with Crippen LogP contribution in [-0.4, -0.2) is 56.2 Å². The molecule has 2 aliphatic heterocycles. The zero-order chi connectivity index (χ0) is 33.3. The van der Waals surface area contributed by atoms with Gasteiger partial charge >= 0.3 is 12.2 Å². The molecule has 240 valence electrons. The van der Waals surface area contributed by atoms with Gasteiger partial charge in [-0.05, 0) is 59.2 Å². The Kier molecular flexibility index (Phi) is 7.60. The molecule has 0 saturated carbocycles. The number of fused-ring (bicyclic) bond motifs is 3. The van der Waals surface area contributed by atoms with Crippen LogP contribution >= 0.6 is 22.9 Å². The van der Waals surface area contributed by atoms with E-state index in [4.69, 9.17) is 25.8 Å². The van der Waals surface area contributed by atoms with E-state index in [9.17, 15) is 14.9 Å². The summed E-state index contributed by atoms with van der Waals surface area (Å²) in [7, 11) is 0. The summed E-state index contributed by atoms with van der Waals surface area (Å²) in [5, 5.41) is 21.2. The first-order valence-electron chi connectivity index (χ1n) is 14.3. The first-order valence-corrected chi connectivity index (χ1v) is 15.5. The average molecular weight is 671 g/mol.